The summed E-state index contributed by atoms with van der Waals surface area (Å²) in [6, 6.07) is 49.9. The molecule has 0 amide bonds. The van der Waals surface area contributed by atoms with E-state index in [-0.39, 0.29) is 0 Å². The first kappa shape index (κ1) is 23.3. The lowest BCUT2D eigenvalue weighted by atomic mass is 10.0. The van der Waals surface area contributed by atoms with Crippen LogP contribution < -0.4 is 4.90 Å². The predicted molar refractivity (Wildman–Crippen MR) is 167 cm³/mol. The summed E-state index contributed by atoms with van der Waals surface area (Å²) in [6.07, 6.45) is 0. The Hall–Kier alpha value is -5.61. The summed E-state index contributed by atoms with van der Waals surface area (Å²) < 4.78 is 12.4. The standard InChI is InChI=1S/C37H24N2O2/c1-4-10-26(11-5-1)37-38-33-24-35-32(23-36(33)41-37)31-22-27(18-21-34(31)40-35)25-16-19-30(20-17-25)39(28-12-6-2-7-13-28)29-14-8-3-9-15-29/h1-24H. The summed E-state index contributed by atoms with van der Waals surface area (Å²) >= 11 is 0. The molecule has 194 valence electrons. The molecule has 0 atom stereocenters. The molecule has 2 heterocycles. The second-order valence-corrected chi connectivity index (χ2v) is 10.1. The van der Waals surface area contributed by atoms with E-state index >= 15 is 0 Å². The first-order chi connectivity index (χ1) is 20.3. The fraction of sp³-hybridized carbons (Fsp3) is 0. The van der Waals surface area contributed by atoms with Gasteiger partial charge >= 0.3 is 0 Å². The summed E-state index contributed by atoms with van der Waals surface area (Å²) in [4.78, 5) is 6.97. The van der Waals surface area contributed by atoms with E-state index in [0.717, 1.165) is 66.8 Å². The van der Waals surface area contributed by atoms with Crippen LogP contribution in [0, 0.1) is 0 Å². The van der Waals surface area contributed by atoms with E-state index in [4.69, 9.17) is 13.8 Å². The lowest BCUT2D eigenvalue weighted by Crippen LogP contribution is -2.09. The van der Waals surface area contributed by atoms with Gasteiger partial charge in [-0.15, -0.1) is 0 Å². The average Bonchev–Trinajstić information content (AvgIpc) is 3.62. The lowest BCUT2D eigenvalue weighted by Gasteiger charge is -2.25. The van der Waals surface area contributed by atoms with Crippen molar-refractivity contribution in [1.29, 1.82) is 0 Å². The molecule has 0 radical (unpaired) electrons. The van der Waals surface area contributed by atoms with Crippen molar-refractivity contribution in [2.24, 2.45) is 0 Å². The zero-order valence-corrected chi connectivity index (χ0v) is 22.1. The number of fused-ring (bicyclic) bond motifs is 4. The monoisotopic (exact) mass is 528 g/mol. The van der Waals surface area contributed by atoms with Gasteiger partial charge in [-0.1, -0.05) is 72.8 Å². The summed E-state index contributed by atoms with van der Waals surface area (Å²) in [6.45, 7) is 0. The van der Waals surface area contributed by atoms with Gasteiger partial charge in [0.2, 0.25) is 5.89 Å². The van der Waals surface area contributed by atoms with Crippen LogP contribution in [0.1, 0.15) is 0 Å². The highest BCUT2D eigenvalue weighted by atomic mass is 16.4. The second kappa shape index (κ2) is 9.54. The number of rotatable bonds is 5. The van der Waals surface area contributed by atoms with Crippen LogP contribution in [0.4, 0.5) is 17.1 Å². The minimum Gasteiger partial charge on any atom is -0.456 e. The van der Waals surface area contributed by atoms with Gasteiger partial charge in [-0.05, 0) is 77.9 Å². The SMILES string of the molecule is c1ccc(-c2nc3cc4oc5ccc(-c6ccc(N(c7ccccc7)c7ccccc7)cc6)cc5c4cc3o2)cc1. The number of aromatic nitrogens is 1. The Morgan fingerprint density at radius 3 is 1.68 bits per heavy atom. The Kier molecular flexibility index (Phi) is 5.42. The van der Waals surface area contributed by atoms with Crippen molar-refractivity contribution in [2.45, 2.75) is 0 Å². The van der Waals surface area contributed by atoms with Crippen molar-refractivity contribution < 1.29 is 8.83 Å². The van der Waals surface area contributed by atoms with Crippen molar-refractivity contribution in [2.75, 3.05) is 4.90 Å². The Bertz CT molecular complexity index is 2090. The van der Waals surface area contributed by atoms with Crippen LogP contribution in [0.2, 0.25) is 0 Å². The molecule has 0 spiro atoms. The van der Waals surface area contributed by atoms with Crippen molar-refractivity contribution in [3.8, 4) is 22.6 Å². The molecule has 4 heteroatoms. The summed E-state index contributed by atoms with van der Waals surface area (Å²) in [5.74, 6) is 0.610. The number of furan rings is 1. The maximum Gasteiger partial charge on any atom is 0.227 e. The van der Waals surface area contributed by atoms with Crippen molar-refractivity contribution in [1.82, 2.24) is 4.98 Å². The normalized spacial score (nSPS) is 11.4. The Balaban J connectivity index is 1.18. The third-order valence-corrected chi connectivity index (χ3v) is 7.49. The number of benzene rings is 6. The van der Waals surface area contributed by atoms with Gasteiger partial charge in [-0.25, -0.2) is 4.98 Å². The van der Waals surface area contributed by atoms with Gasteiger partial charge in [0.05, 0.1) is 0 Å². The fourth-order valence-corrected chi connectivity index (χ4v) is 5.49. The molecule has 0 N–H and O–H groups in total. The molecule has 0 aliphatic heterocycles. The quantitative estimate of drug-likeness (QED) is 0.223. The zero-order chi connectivity index (χ0) is 27.2. The van der Waals surface area contributed by atoms with E-state index in [0.29, 0.717) is 5.89 Å². The average molecular weight is 529 g/mol. The van der Waals surface area contributed by atoms with Crippen molar-refractivity contribution >= 4 is 50.1 Å². The molecule has 8 rings (SSSR count). The maximum atomic E-state index is 6.23. The molecule has 2 aromatic heterocycles. The molecule has 0 fully saturated rings. The third kappa shape index (κ3) is 4.14. The molecule has 0 aliphatic carbocycles. The van der Waals surface area contributed by atoms with E-state index in [1.165, 1.54) is 0 Å². The molecule has 0 bridgehead atoms. The number of hydrogen-bond donors (Lipinski definition) is 0. The van der Waals surface area contributed by atoms with Crippen LogP contribution in [0.15, 0.2) is 154 Å². The van der Waals surface area contributed by atoms with E-state index in [1.54, 1.807) is 0 Å². The smallest absolute Gasteiger partial charge is 0.227 e. The Labute approximate surface area is 236 Å². The topological polar surface area (TPSA) is 42.4 Å². The van der Waals surface area contributed by atoms with Crippen LogP contribution in [0.5, 0.6) is 0 Å². The molecule has 0 aliphatic rings. The molecule has 0 saturated carbocycles. The van der Waals surface area contributed by atoms with Crippen LogP contribution in [-0.4, -0.2) is 4.98 Å². The highest BCUT2D eigenvalue weighted by Gasteiger charge is 2.15. The van der Waals surface area contributed by atoms with Gasteiger partial charge in [-0.3, -0.25) is 0 Å². The summed E-state index contributed by atoms with van der Waals surface area (Å²) in [7, 11) is 0. The van der Waals surface area contributed by atoms with Crippen LogP contribution in [0.3, 0.4) is 0 Å². The summed E-state index contributed by atoms with van der Waals surface area (Å²) in [5.41, 5.74) is 9.72. The first-order valence-corrected chi connectivity index (χ1v) is 13.6. The van der Waals surface area contributed by atoms with Gasteiger partial charge in [0, 0.05) is 39.5 Å². The zero-order valence-electron chi connectivity index (χ0n) is 22.1. The van der Waals surface area contributed by atoms with E-state index in [9.17, 15) is 0 Å². The lowest BCUT2D eigenvalue weighted by molar-refractivity contribution is 0.620. The first-order valence-electron chi connectivity index (χ1n) is 13.6. The van der Waals surface area contributed by atoms with E-state index < -0.39 is 0 Å². The number of nitrogens with zero attached hydrogens (tertiary/aromatic N) is 2. The molecule has 0 unspecified atom stereocenters. The second-order valence-electron chi connectivity index (χ2n) is 10.1. The third-order valence-electron chi connectivity index (χ3n) is 7.49. The number of hydrogen-bond acceptors (Lipinski definition) is 4. The van der Waals surface area contributed by atoms with Crippen molar-refractivity contribution in [3.63, 3.8) is 0 Å². The Morgan fingerprint density at radius 1 is 0.415 bits per heavy atom. The number of oxazole rings is 1. The van der Waals surface area contributed by atoms with Gasteiger partial charge in [-0.2, -0.15) is 0 Å². The van der Waals surface area contributed by atoms with Crippen LogP contribution in [0.25, 0.3) is 55.6 Å². The van der Waals surface area contributed by atoms with Gasteiger partial charge in [0.1, 0.15) is 16.7 Å². The van der Waals surface area contributed by atoms with Crippen molar-refractivity contribution in [3.05, 3.63) is 146 Å². The van der Waals surface area contributed by atoms with E-state index in [1.807, 2.05) is 60.7 Å². The summed E-state index contributed by atoms with van der Waals surface area (Å²) in [5, 5.41) is 2.07. The van der Waals surface area contributed by atoms with E-state index in [2.05, 4.69) is 89.8 Å². The Morgan fingerprint density at radius 2 is 1.00 bits per heavy atom. The van der Waals surface area contributed by atoms with Gasteiger partial charge in [0.15, 0.2) is 5.58 Å². The molecule has 0 saturated heterocycles. The predicted octanol–water partition coefficient (Wildman–Crippen LogP) is 10.5. The maximum absolute atomic E-state index is 6.23. The highest BCUT2D eigenvalue weighted by molar-refractivity contribution is 6.10. The molecule has 6 aromatic carbocycles. The molecule has 4 nitrogen and oxygen atoms in total. The highest BCUT2D eigenvalue weighted by Crippen LogP contribution is 2.38. The molecule has 8 aromatic rings. The molecular formula is C37H24N2O2. The van der Waals surface area contributed by atoms with Gasteiger partial charge < -0.3 is 13.7 Å². The molecule has 41 heavy (non-hydrogen) atoms. The van der Waals surface area contributed by atoms with Gasteiger partial charge in [0.25, 0.3) is 0 Å². The van der Waals surface area contributed by atoms with Crippen LogP contribution in [-0.2, 0) is 0 Å². The number of para-hydroxylation sites is 2. The minimum absolute atomic E-state index is 0.610. The largest absolute Gasteiger partial charge is 0.456 e. The molecular weight excluding hydrogens is 504 g/mol. The van der Waals surface area contributed by atoms with Crippen LogP contribution >= 0.6 is 0 Å². The minimum atomic E-state index is 0.610. The number of anilines is 3. The fourth-order valence-electron chi connectivity index (χ4n) is 5.49.